The van der Waals surface area contributed by atoms with Gasteiger partial charge in [-0.3, -0.25) is 13.9 Å². The third-order valence-corrected chi connectivity index (χ3v) is 1.48. The molecule has 0 aliphatic heterocycles. The second-order valence-corrected chi connectivity index (χ2v) is 2.20. The molecule has 0 saturated heterocycles. The zero-order chi connectivity index (χ0) is 8.43. The molecule has 0 fully saturated rings. The molecule has 1 aromatic heterocycles. The maximum Gasteiger partial charge on any atom is 0.331 e. The van der Waals surface area contributed by atoms with Gasteiger partial charge >= 0.3 is 5.69 Å². The van der Waals surface area contributed by atoms with Gasteiger partial charge in [0.15, 0.2) is 0 Å². The summed E-state index contributed by atoms with van der Waals surface area (Å²) >= 11 is 0. The van der Waals surface area contributed by atoms with Crippen LogP contribution in [0.2, 0.25) is 0 Å². The molecule has 4 nitrogen and oxygen atoms in total. The van der Waals surface area contributed by atoms with E-state index < -0.39 is 0 Å². The molecule has 0 aliphatic rings. The smallest absolute Gasteiger partial charge is 0.295 e. The zero-order valence-corrected chi connectivity index (χ0v) is 6.50. The molecule has 1 aromatic rings. The van der Waals surface area contributed by atoms with Gasteiger partial charge in [0.05, 0.1) is 6.20 Å². The summed E-state index contributed by atoms with van der Waals surface area (Å²) in [5.41, 5.74) is -0.615. The van der Waals surface area contributed by atoms with Crippen LogP contribution in [0.25, 0.3) is 0 Å². The second-order valence-electron chi connectivity index (χ2n) is 2.20. The van der Waals surface area contributed by atoms with E-state index in [-0.39, 0.29) is 11.2 Å². The Kier molecular flexibility index (Phi) is 1.94. The molecule has 1 radical (unpaired) electrons. The fourth-order valence-corrected chi connectivity index (χ4v) is 0.852. The number of aromatic nitrogens is 2. The Morgan fingerprint density at radius 1 is 1.55 bits per heavy atom. The van der Waals surface area contributed by atoms with E-state index in [1.165, 1.54) is 10.6 Å². The first kappa shape index (κ1) is 7.78. The van der Waals surface area contributed by atoms with Gasteiger partial charge in [0.2, 0.25) is 0 Å². The number of hydrogen-bond donors (Lipinski definition) is 0. The molecule has 0 amide bonds. The van der Waals surface area contributed by atoms with Crippen LogP contribution in [-0.2, 0) is 13.6 Å². The van der Waals surface area contributed by atoms with Crippen LogP contribution in [-0.4, -0.2) is 9.13 Å². The predicted molar refractivity (Wildman–Crippen MR) is 40.5 cm³/mol. The van der Waals surface area contributed by atoms with Crippen molar-refractivity contribution in [2.75, 3.05) is 0 Å². The highest BCUT2D eigenvalue weighted by atomic mass is 16.2. The van der Waals surface area contributed by atoms with Crippen molar-refractivity contribution >= 4 is 0 Å². The van der Waals surface area contributed by atoms with Crippen molar-refractivity contribution in [3.63, 3.8) is 0 Å². The predicted octanol–water partition coefficient (Wildman–Crippen LogP) is -0.633. The standard InChI is InChI=1S/C7H9N2O2/c1-3-9-6(10)4-5-8(2)7(9)11/h4H,3H2,1-2H3. The van der Waals surface area contributed by atoms with Gasteiger partial charge in [0, 0.05) is 19.7 Å². The summed E-state index contributed by atoms with van der Waals surface area (Å²) in [5.74, 6) is 0. The minimum Gasteiger partial charge on any atom is -0.295 e. The van der Waals surface area contributed by atoms with Crippen molar-refractivity contribution in [2.24, 2.45) is 7.05 Å². The Hall–Kier alpha value is -1.32. The highest BCUT2D eigenvalue weighted by Crippen LogP contribution is 1.70. The Labute approximate surface area is 63.7 Å². The lowest BCUT2D eigenvalue weighted by atomic mass is 10.6. The van der Waals surface area contributed by atoms with Gasteiger partial charge < -0.3 is 0 Å². The minimum absolute atomic E-state index is 0.296. The first-order valence-electron chi connectivity index (χ1n) is 3.35. The van der Waals surface area contributed by atoms with Crippen molar-refractivity contribution in [2.45, 2.75) is 13.5 Å². The van der Waals surface area contributed by atoms with Crippen molar-refractivity contribution in [1.29, 1.82) is 0 Å². The topological polar surface area (TPSA) is 44.0 Å². The van der Waals surface area contributed by atoms with Crippen LogP contribution >= 0.6 is 0 Å². The molecule has 0 bridgehead atoms. The van der Waals surface area contributed by atoms with E-state index in [0.29, 0.717) is 6.54 Å². The van der Waals surface area contributed by atoms with Gasteiger partial charge in [-0.2, -0.15) is 0 Å². The van der Waals surface area contributed by atoms with Gasteiger partial charge in [-0.05, 0) is 6.92 Å². The van der Waals surface area contributed by atoms with E-state index in [1.54, 1.807) is 14.0 Å². The second kappa shape index (κ2) is 2.74. The minimum atomic E-state index is -0.319. The first-order chi connectivity index (χ1) is 5.16. The Morgan fingerprint density at radius 2 is 2.18 bits per heavy atom. The molecular weight excluding hydrogens is 144 g/mol. The van der Waals surface area contributed by atoms with Crippen molar-refractivity contribution in [1.82, 2.24) is 9.13 Å². The van der Waals surface area contributed by atoms with E-state index in [2.05, 4.69) is 6.20 Å². The number of rotatable bonds is 1. The average Bonchev–Trinajstić information content (AvgIpc) is 1.99. The summed E-state index contributed by atoms with van der Waals surface area (Å²) in [4.78, 5) is 22.1. The fraction of sp³-hybridized carbons (Fsp3) is 0.429. The monoisotopic (exact) mass is 153 g/mol. The average molecular weight is 153 g/mol. The summed E-state index contributed by atoms with van der Waals surface area (Å²) in [7, 11) is 1.56. The summed E-state index contributed by atoms with van der Waals surface area (Å²) in [6.07, 6.45) is 2.51. The van der Waals surface area contributed by atoms with E-state index in [0.717, 1.165) is 4.57 Å². The van der Waals surface area contributed by atoms with Gasteiger partial charge in [0.25, 0.3) is 5.56 Å². The maximum absolute atomic E-state index is 11.1. The van der Waals surface area contributed by atoms with Crippen LogP contribution in [0, 0.1) is 6.20 Å². The van der Waals surface area contributed by atoms with Crippen LogP contribution < -0.4 is 11.2 Å². The molecule has 1 heterocycles. The summed E-state index contributed by atoms with van der Waals surface area (Å²) in [6.45, 7) is 2.16. The molecule has 0 saturated carbocycles. The van der Waals surface area contributed by atoms with Crippen LogP contribution in [0.4, 0.5) is 0 Å². The molecule has 1 rings (SSSR count). The molecule has 0 atom stereocenters. The lowest BCUT2D eigenvalue weighted by molar-refractivity contribution is 0.619. The van der Waals surface area contributed by atoms with Gasteiger partial charge in [-0.25, -0.2) is 4.79 Å². The molecule has 0 N–H and O–H groups in total. The molecule has 0 unspecified atom stereocenters. The highest BCUT2D eigenvalue weighted by molar-refractivity contribution is 4.82. The zero-order valence-electron chi connectivity index (χ0n) is 6.50. The van der Waals surface area contributed by atoms with E-state index in [9.17, 15) is 9.59 Å². The Morgan fingerprint density at radius 3 is 2.64 bits per heavy atom. The van der Waals surface area contributed by atoms with E-state index in [4.69, 9.17) is 0 Å². The summed E-state index contributed by atoms with van der Waals surface area (Å²) in [5, 5.41) is 0. The third kappa shape index (κ3) is 1.24. The van der Waals surface area contributed by atoms with Crippen LogP contribution in [0.1, 0.15) is 6.92 Å². The van der Waals surface area contributed by atoms with Crippen LogP contribution in [0.3, 0.4) is 0 Å². The lowest BCUT2D eigenvalue weighted by Crippen LogP contribution is -2.37. The molecule has 0 spiro atoms. The normalized spacial score (nSPS) is 10.0. The van der Waals surface area contributed by atoms with Gasteiger partial charge in [-0.1, -0.05) is 0 Å². The largest absolute Gasteiger partial charge is 0.331 e. The number of aryl methyl sites for hydroxylation is 1. The quantitative estimate of drug-likeness (QED) is 0.539. The van der Waals surface area contributed by atoms with Crippen LogP contribution in [0.15, 0.2) is 15.7 Å². The SMILES string of the molecule is CCn1c(=O)c[c]n(C)c1=O. The fourth-order valence-electron chi connectivity index (χ4n) is 0.852. The van der Waals surface area contributed by atoms with E-state index >= 15 is 0 Å². The van der Waals surface area contributed by atoms with Crippen LogP contribution in [0.5, 0.6) is 0 Å². The van der Waals surface area contributed by atoms with Gasteiger partial charge in [0.1, 0.15) is 0 Å². The number of hydrogen-bond acceptors (Lipinski definition) is 2. The van der Waals surface area contributed by atoms with Crippen molar-refractivity contribution in [3.05, 3.63) is 33.1 Å². The van der Waals surface area contributed by atoms with E-state index in [1.807, 2.05) is 0 Å². The molecule has 0 aliphatic carbocycles. The molecule has 0 aromatic carbocycles. The number of nitrogens with zero attached hydrogens (tertiary/aromatic N) is 2. The Balaban J connectivity index is 3.55. The molecule has 11 heavy (non-hydrogen) atoms. The lowest BCUT2D eigenvalue weighted by Gasteiger charge is -2.00. The van der Waals surface area contributed by atoms with Crippen molar-refractivity contribution in [3.8, 4) is 0 Å². The molecule has 59 valence electrons. The third-order valence-electron chi connectivity index (χ3n) is 1.48. The summed E-state index contributed by atoms with van der Waals surface area (Å²) < 4.78 is 2.40. The highest BCUT2D eigenvalue weighted by Gasteiger charge is 1.98. The van der Waals surface area contributed by atoms with Gasteiger partial charge in [-0.15, -0.1) is 0 Å². The molecular formula is C7H9N2O2. The maximum atomic E-state index is 11.1. The summed E-state index contributed by atoms with van der Waals surface area (Å²) in [6, 6.07) is 1.25. The Bertz CT molecular complexity index is 361. The molecule has 4 heteroatoms. The van der Waals surface area contributed by atoms with Crippen molar-refractivity contribution < 1.29 is 0 Å². The first-order valence-corrected chi connectivity index (χ1v) is 3.35.